The summed E-state index contributed by atoms with van der Waals surface area (Å²) in [6.07, 6.45) is 5.87. The Bertz CT molecular complexity index is 402. The van der Waals surface area contributed by atoms with Gasteiger partial charge in [-0.15, -0.1) is 0 Å². The Balaban J connectivity index is 2.38. The Hall–Kier alpha value is -1.17. The molecule has 0 radical (unpaired) electrons. The SMILES string of the molecule is CC(C)(C)CC(=O)N(CCCCC1CCC(F)CC1)CC(=O)NO. The number of hydroxylamine groups is 1. The number of unbranched alkanes of at least 4 members (excludes halogenated alkanes) is 1. The minimum absolute atomic E-state index is 0.0657. The minimum Gasteiger partial charge on any atom is -0.333 e. The van der Waals surface area contributed by atoms with E-state index < -0.39 is 12.1 Å². The maximum atomic E-state index is 13.1. The van der Waals surface area contributed by atoms with Crippen molar-refractivity contribution in [3.8, 4) is 0 Å². The van der Waals surface area contributed by atoms with Gasteiger partial charge >= 0.3 is 0 Å². The van der Waals surface area contributed by atoms with Gasteiger partial charge in [-0.1, -0.05) is 33.6 Å². The van der Waals surface area contributed by atoms with E-state index in [1.165, 1.54) is 4.90 Å². The molecule has 0 aromatic carbocycles. The van der Waals surface area contributed by atoms with Crippen molar-refractivity contribution in [1.82, 2.24) is 10.4 Å². The summed E-state index contributed by atoms with van der Waals surface area (Å²) in [6.45, 7) is 6.35. The van der Waals surface area contributed by atoms with Crippen molar-refractivity contribution >= 4 is 11.8 Å². The van der Waals surface area contributed by atoms with E-state index in [1.807, 2.05) is 20.8 Å². The highest BCUT2D eigenvalue weighted by Gasteiger charge is 2.23. The molecule has 1 fully saturated rings. The van der Waals surface area contributed by atoms with Gasteiger partial charge < -0.3 is 4.90 Å². The van der Waals surface area contributed by atoms with Crippen molar-refractivity contribution in [3.63, 3.8) is 0 Å². The number of alkyl halides is 1. The Morgan fingerprint density at radius 2 is 1.79 bits per heavy atom. The second-order valence-electron chi connectivity index (χ2n) is 8.20. The number of carbonyl (C=O) groups is 2. The summed E-state index contributed by atoms with van der Waals surface area (Å²) in [5.41, 5.74) is 1.45. The van der Waals surface area contributed by atoms with Crippen molar-refractivity contribution in [3.05, 3.63) is 0 Å². The van der Waals surface area contributed by atoms with E-state index in [0.717, 1.165) is 32.1 Å². The average molecular weight is 344 g/mol. The quantitative estimate of drug-likeness (QED) is 0.402. The Kier molecular flexibility index (Phi) is 8.67. The lowest BCUT2D eigenvalue weighted by atomic mass is 9.85. The van der Waals surface area contributed by atoms with E-state index in [4.69, 9.17) is 5.21 Å². The van der Waals surface area contributed by atoms with Crippen LogP contribution in [-0.2, 0) is 9.59 Å². The fourth-order valence-corrected chi connectivity index (χ4v) is 3.21. The number of rotatable bonds is 8. The van der Waals surface area contributed by atoms with Crippen molar-refractivity contribution in [1.29, 1.82) is 0 Å². The molecule has 5 nitrogen and oxygen atoms in total. The molecule has 1 aliphatic rings. The van der Waals surface area contributed by atoms with Gasteiger partial charge in [-0.3, -0.25) is 14.8 Å². The summed E-state index contributed by atoms with van der Waals surface area (Å²) >= 11 is 0. The number of carbonyl (C=O) groups excluding carboxylic acids is 2. The van der Waals surface area contributed by atoms with E-state index in [0.29, 0.717) is 31.7 Å². The third-order valence-corrected chi connectivity index (χ3v) is 4.56. The Morgan fingerprint density at radius 1 is 1.17 bits per heavy atom. The van der Waals surface area contributed by atoms with Crippen LogP contribution < -0.4 is 5.48 Å². The molecule has 0 aromatic rings. The molecule has 24 heavy (non-hydrogen) atoms. The summed E-state index contributed by atoms with van der Waals surface area (Å²) in [7, 11) is 0. The zero-order valence-corrected chi connectivity index (χ0v) is 15.3. The van der Waals surface area contributed by atoms with E-state index in [-0.39, 0.29) is 17.9 Å². The number of nitrogens with zero attached hydrogens (tertiary/aromatic N) is 1. The van der Waals surface area contributed by atoms with Crippen LogP contribution in [-0.4, -0.2) is 41.2 Å². The molecule has 1 saturated carbocycles. The molecular weight excluding hydrogens is 311 g/mol. The molecule has 0 atom stereocenters. The fraction of sp³-hybridized carbons (Fsp3) is 0.889. The second kappa shape index (κ2) is 9.97. The molecule has 6 heteroatoms. The standard InChI is InChI=1S/C18H33FN2O3/c1-18(2,3)12-17(23)21(13-16(22)20-24)11-5-4-6-14-7-9-15(19)10-8-14/h14-15,24H,4-13H2,1-3H3,(H,20,22). The highest BCUT2D eigenvalue weighted by atomic mass is 19.1. The maximum absolute atomic E-state index is 13.1. The van der Waals surface area contributed by atoms with Gasteiger partial charge in [0.05, 0.1) is 0 Å². The number of hydrogen-bond acceptors (Lipinski definition) is 3. The van der Waals surface area contributed by atoms with Gasteiger partial charge in [0.15, 0.2) is 0 Å². The summed E-state index contributed by atoms with van der Waals surface area (Å²) in [5, 5.41) is 8.69. The molecule has 140 valence electrons. The van der Waals surface area contributed by atoms with Crippen LogP contribution in [0.2, 0.25) is 0 Å². The summed E-state index contributed by atoms with van der Waals surface area (Å²) in [6, 6.07) is 0. The van der Waals surface area contributed by atoms with Gasteiger partial charge in [0.1, 0.15) is 12.7 Å². The highest BCUT2D eigenvalue weighted by molar-refractivity contribution is 5.84. The predicted molar refractivity (Wildman–Crippen MR) is 91.3 cm³/mol. The van der Waals surface area contributed by atoms with Crippen LogP contribution in [0.15, 0.2) is 0 Å². The predicted octanol–water partition coefficient (Wildman–Crippen LogP) is 3.46. The molecule has 1 aliphatic carbocycles. The van der Waals surface area contributed by atoms with E-state index in [1.54, 1.807) is 5.48 Å². The summed E-state index contributed by atoms with van der Waals surface area (Å²) < 4.78 is 13.1. The monoisotopic (exact) mass is 344 g/mol. The van der Waals surface area contributed by atoms with Crippen LogP contribution in [0.25, 0.3) is 0 Å². The van der Waals surface area contributed by atoms with Gasteiger partial charge in [0.25, 0.3) is 5.91 Å². The smallest absolute Gasteiger partial charge is 0.262 e. The lowest BCUT2D eigenvalue weighted by Crippen LogP contribution is -2.41. The van der Waals surface area contributed by atoms with E-state index in [9.17, 15) is 14.0 Å². The van der Waals surface area contributed by atoms with Crippen LogP contribution in [0.3, 0.4) is 0 Å². The third kappa shape index (κ3) is 8.62. The van der Waals surface area contributed by atoms with Gasteiger partial charge in [-0.2, -0.15) is 0 Å². The zero-order valence-electron chi connectivity index (χ0n) is 15.3. The number of nitrogens with one attached hydrogen (secondary N) is 1. The fourth-order valence-electron chi connectivity index (χ4n) is 3.21. The summed E-state index contributed by atoms with van der Waals surface area (Å²) in [4.78, 5) is 25.3. The summed E-state index contributed by atoms with van der Waals surface area (Å²) in [5.74, 6) is -0.0426. The van der Waals surface area contributed by atoms with Gasteiger partial charge in [-0.05, 0) is 43.4 Å². The highest BCUT2D eigenvalue weighted by Crippen LogP contribution is 2.29. The van der Waals surface area contributed by atoms with Crippen molar-refractivity contribution in [2.75, 3.05) is 13.1 Å². The molecule has 0 aliphatic heterocycles. The molecule has 0 spiro atoms. The Morgan fingerprint density at radius 3 is 2.33 bits per heavy atom. The minimum atomic E-state index is -0.622. The normalized spacial score (nSPS) is 21.4. The van der Waals surface area contributed by atoms with Crippen molar-refractivity contribution < 1.29 is 19.2 Å². The van der Waals surface area contributed by atoms with Gasteiger partial charge in [0, 0.05) is 13.0 Å². The second-order valence-corrected chi connectivity index (χ2v) is 8.20. The topological polar surface area (TPSA) is 69.6 Å². The first kappa shape index (κ1) is 20.9. The third-order valence-electron chi connectivity index (χ3n) is 4.56. The maximum Gasteiger partial charge on any atom is 0.262 e. The molecule has 2 N–H and O–H groups in total. The molecule has 0 saturated heterocycles. The molecule has 0 unspecified atom stereocenters. The molecule has 0 heterocycles. The molecule has 1 rings (SSSR count). The number of amides is 2. The van der Waals surface area contributed by atoms with Crippen molar-refractivity contribution in [2.24, 2.45) is 11.3 Å². The van der Waals surface area contributed by atoms with E-state index in [2.05, 4.69) is 0 Å². The number of hydrogen-bond donors (Lipinski definition) is 2. The van der Waals surface area contributed by atoms with Crippen LogP contribution >= 0.6 is 0 Å². The van der Waals surface area contributed by atoms with Crippen LogP contribution in [0.1, 0.15) is 72.1 Å². The van der Waals surface area contributed by atoms with Gasteiger partial charge in [0.2, 0.25) is 5.91 Å². The van der Waals surface area contributed by atoms with Crippen LogP contribution in [0, 0.1) is 11.3 Å². The first-order chi connectivity index (χ1) is 11.2. The molecule has 0 aromatic heterocycles. The lowest BCUT2D eigenvalue weighted by Gasteiger charge is -2.27. The largest absolute Gasteiger partial charge is 0.333 e. The zero-order chi connectivity index (χ0) is 18.2. The van der Waals surface area contributed by atoms with Gasteiger partial charge in [-0.25, -0.2) is 9.87 Å². The van der Waals surface area contributed by atoms with E-state index >= 15 is 0 Å². The average Bonchev–Trinajstić information content (AvgIpc) is 2.50. The molecular formula is C18H33FN2O3. The molecule has 0 bridgehead atoms. The Labute approximate surface area is 144 Å². The number of halogens is 1. The first-order valence-corrected chi connectivity index (χ1v) is 9.06. The van der Waals surface area contributed by atoms with Crippen LogP contribution in [0.5, 0.6) is 0 Å². The molecule has 2 amide bonds. The lowest BCUT2D eigenvalue weighted by molar-refractivity contribution is -0.140. The first-order valence-electron chi connectivity index (χ1n) is 9.06. The van der Waals surface area contributed by atoms with Crippen LogP contribution in [0.4, 0.5) is 4.39 Å². The van der Waals surface area contributed by atoms with Crippen molar-refractivity contribution in [2.45, 2.75) is 78.3 Å².